The molecule has 120 valence electrons. The minimum atomic E-state index is -0.498. The SMILES string of the molecule is COCOc1ccc2c(c1)[nH]c1cc(-c3ccc(F)nc3)cnc12. The summed E-state index contributed by atoms with van der Waals surface area (Å²) in [4.78, 5) is 11.6. The second-order valence-corrected chi connectivity index (χ2v) is 5.37. The number of H-pyrrole nitrogens is 1. The van der Waals surface area contributed by atoms with Crippen LogP contribution in [0.3, 0.4) is 0 Å². The summed E-state index contributed by atoms with van der Waals surface area (Å²) < 4.78 is 23.3. The number of halogens is 1. The van der Waals surface area contributed by atoms with E-state index in [1.54, 1.807) is 19.4 Å². The second-order valence-electron chi connectivity index (χ2n) is 5.37. The van der Waals surface area contributed by atoms with Gasteiger partial charge in [-0.1, -0.05) is 0 Å². The first-order valence-electron chi connectivity index (χ1n) is 7.40. The van der Waals surface area contributed by atoms with Crippen molar-refractivity contribution >= 4 is 21.9 Å². The van der Waals surface area contributed by atoms with Gasteiger partial charge in [0.1, 0.15) is 5.75 Å². The molecule has 4 aromatic rings. The Hall–Kier alpha value is -2.99. The molecule has 0 unspecified atom stereocenters. The van der Waals surface area contributed by atoms with Gasteiger partial charge in [0, 0.05) is 42.1 Å². The molecule has 5 nitrogen and oxygen atoms in total. The van der Waals surface area contributed by atoms with Gasteiger partial charge in [-0.05, 0) is 30.3 Å². The van der Waals surface area contributed by atoms with Gasteiger partial charge in [-0.15, -0.1) is 0 Å². The van der Waals surface area contributed by atoms with E-state index < -0.39 is 5.95 Å². The van der Waals surface area contributed by atoms with Crippen molar-refractivity contribution in [3.05, 3.63) is 54.7 Å². The number of aromatic amines is 1. The van der Waals surface area contributed by atoms with Gasteiger partial charge in [0.05, 0.1) is 16.6 Å². The van der Waals surface area contributed by atoms with E-state index in [4.69, 9.17) is 9.47 Å². The molecule has 24 heavy (non-hydrogen) atoms. The lowest BCUT2D eigenvalue weighted by Gasteiger charge is -2.03. The molecule has 0 amide bonds. The van der Waals surface area contributed by atoms with Gasteiger partial charge in [0.25, 0.3) is 0 Å². The van der Waals surface area contributed by atoms with Crippen molar-refractivity contribution in [1.29, 1.82) is 0 Å². The maximum Gasteiger partial charge on any atom is 0.212 e. The van der Waals surface area contributed by atoms with Gasteiger partial charge in [-0.25, -0.2) is 4.98 Å². The number of fused-ring (bicyclic) bond motifs is 3. The van der Waals surface area contributed by atoms with Crippen molar-refractivity contribution in [2.75, 3.05) is 13.9 Å². The van der Waals surface area contributed by atoms with Crippen LogP contribution in [0.15, 0.2) is 48.8 Å². The summed E-state index contributed by atoms with van der Waals surface area (Å²) in [7, 11) is 1.58. The van der Waals surface area contributed by atoms with Crippen LogP contribution in [0.2, 0.25) is 0 Å². The predicted octanol–water partition coefficient (Wildman–Crippen LogP) is 3.90. The standard InChI is InChI=1S/C18H14FN3O2/c1-23-10-24-13-3-4-14-15(7-13)22-16-6-12(9-21-18(14)16)11-2-5-17(19)20-8-11/h2-9,22H,10H2,1H3. The quantitative estimate of drug-likeness (QED) is 0.457. The highest BCUT2D eigenvalue weighted by Crippen LogP contribution is 2.29. The Labute approximate surface area is 137 Å². The van der Waals surface area contributed by atoms with Crippen LogP contribution < -0.4 is 4.74 Å². The second kappa shape index (κ2) is 5.90. The number of aromatic nitrogens is 3. The van der Waals surface area contributed by atoms with E-state index in [1.807, 2.05) is 24.3 Å². The first-order chi connectivity index (χ1) is 11.7. The van der Waals surface area contributed by atoms with Crippen molar-refractivity contribution in [3.63, 3.8) is 0 Å². The molecule has 1 aromatic carbocycles. The summed E-state index contributed by atoms with van der Waals surface area (Å²) in [6, 6.07) is 10.8. The molecule has 4 rings (SSSR count). The Balaban J connectivity index is 1.79. The van der Waals surface area contributed by atoms with Gasteiger partial charge >= 0.3 is 0 Å². The number of pyridine rings is 2. The van der Waals surface area contributed by atoms with Crippen molar-refractivity contribution in [2.45, 2.75) is 0 Å². The molecule has 0 saturated carbocycles. The zero-order chi connectivity index (χ0) is 16.5. The van der Waals surface area contributed by atoms with Gasteiger partial charge in [0.15, 0.2) is 6.79 Å². The summed E-state index contributed by atoms with van der Waals surface area (Å²) in [5, 5.41) is 1.01. The Kier molecular flexibility index (Phi) is 3.59. The predicted molar refractivity (Wildman–Crippen MR) is 89.3 cm³/mol. The zero-order valence-electron chi connectivity index (χ0n) is 12.9. The normalized spacial score (nSPS) is 11.2. The van der Waals surface area contributed by atoms with Crippen molar-refractivity contribution < 1.29 is 13.9 Å². The molecule has 0 spiro atoms. The first-order valence-corrected chi connectivity index (χ1v) is 7.40. The Bertz CT molecular complexity index is 1010. The highest BCUT2D eigenvalue weighted by atomic mass is 19.1. The Morgan fingerprint density at radius 2 is 1.88 bits per heavy atom. The molecule has 0 fully saturated rings. The van der Waals surface area contributed by atoms with Crippen LogP contribution in [0.5, 0.6) is 5.75 Å². The highest BCUT2D eigenvalue weighted by Gasteiger charge is 2.09. The lowest BCUT2D eigenvalue weighted by atomic mass is 10.1. The molecule has 0 aliphatic heterocycles. The van der Waals surface area contributed by atoms with Crippen molar-refractivity contribution in [1.82, 2.24) is 15.0 Å². The molecule has 6 heteroatoms. The fourth-order valence-electron chi connectivity index (χ4n) is 2.67. The third kappa shape index (κ3) is 2.57. The van der Waals surface area contributed by atoms with Crippen molar-refractivity contribution in [3.8, 4) is 16.9 Å². The molecule has 0 aliphatic rings. The average Bonchev–Trinajstić information content (AvgIpc) is 2.97. The molecule has 1 N–H and O–H groups in total. The van der Waals surface area contributed by atoms with Gasteiger partial charge < -0.3 is 14.5 Å². The first kappa shape index (κ1) is 14.6. The molecule has 0 aliphatic carbocycles. The number of hydrogen-bond acceptors (Lipinski definition) is 4. The number of benzene rings is 1. The third-order valence-corrected chi connectivity index (χ3v) is 3.81. The number of rotatable bonds is 4. The minimum absolute atomic E-state index is 0.200. The average molecular weight is 323 g/mol. The van der Waals surface area contributed by atoms with Crippen LogP contribution in [0.25, 0.3) is 33.1 Å². The van der Waals surface area contributed by atoms with Crippen LogP contribution in [-0.4, -0.2) is 28.9 Å². The molecular weight excluding hydrogens is 309 g/mol. The van der Waals surface area contributed by atoms with Gasteiger partial charge in [0.2, 0.25) is 5.95 Å². The van der Waals surface area contributed by atoms with E-state index in [1.165, 1.54) is 12.3 Å². The minimum Gasteiger partial charge on any atom is -0.467 e. The molecule has 0 atom stereocenters. The number of nitrogens with one attached hydrogen (secondary N) is 1. The molecular formula is C18H14FN3O2. The summed E-state index contributed by atoms with van der Waals surface area (Å²) in [5.74, 6) is 0.223. The molecule has 3 heterocycles. The van der Waals surface area contributed by atoms with Crippen LogP contribution in [0.1, 0.15) is 0 Å². The van der Waals surface area contributed by atoms with Gasteiger partial charge in [-0.3, -0.25) is 4.98 Å². The largest absolute Gasteiger partial charge is 0.467 e. The zero-order valence-corrected chi connectivity index (χ0v) is 12.9. The van der Waals surface area contributed by atoms with Crippen LogP contribution in [0, 0.1) is 5.95 Å². The lowest BCUT2D eigenvalue weighted by Crippen LogP contribution is -1.98. The monoisotopic (exact) mass is 323 g/mol. The molecule has 3 aromatic heterocycles. The maximum atomic E-state index is 13.0. The maximum absolute atomic E-state index is 13.0. The molecule has 0 radical (unpaired) electrons. The van der Waals surface area contributed by atoms with E-state index >= 15 is 0 Å². The van der Waals surface area contributed by atoms with E-state index in [0.717, 1.165) is 38.8 Å². The fourth-order valence-corrected chi connectivity index (χ4v) is 2.67. The summed E-state index contributed by atoms with van der Waals surface area (Å²) in [6.45, 7) is 0.200. The fraction of sp³-hybridized carbons (Fsp3) is 0.111. The number of methoxy groups -OCH3 is 1. The lowest BCUT2D eigenvalue weighted by molar-refractivity contribution is 0.0512. The van der Waals surface area contributed by atoms with E-state index in [9.17, 15) is 4.39 Å². The molecule has 0 saturated heterocycles. The molecule has 0 bridgehead atoms. The number of ether oxygens (including phenoxy) is 2. The van der Waals surface area contributed by atoms with Crippen LogP contribution >= 0.6 is 0 Å². The third-order valence-electron chi connectivity index (χ3n) is 3.81. The summed E-state index contributed by atoms with van der Waals surface area (Å²) in [6.07, 6.45) is 3.26. The Morgan fingerprint density at radius 3 is 2.67 bits per heavy atom. The summed E-state index contributed by atoms with van der Waals surface area (Å²) in [5.41, 5.74) is 4.39. The highest BCUT2D eigenvalue weighted by molar-refractivity contribution is 6.05. The Morgan fingerprint density at radius 1 is 1.00 bits per heavy atom. The smallest absolute Gasteiger partial charge is 0.212 e. The van der Waals surface area contributed by atoms with Crippen LogP contribution in [0.4, 0.5) is 4.39 Å². The number of nitrogens with zero attached hydrogens (tertiary/aromatic N) is 2. The van der Waals surface area contributed by atoms with E-state index in [0.29, 0.717) is 0 Å². The van der Waals surface area contributed by atoms with E-state index in [-0.39, 0.29) is 6.79 Å². The summed E-state index contributed by atoms with van der Waals surface area (Å²) >= 11 is 0. The van der Waals surface area contributed by atoms with Crippen molar-refractivity contribution in [2.24, 2.45) is 0 Å². The van der Waals surface area contributed by atoms with Crippen LogP contribution in [-0.2, 0) is 4.74 Å². The van der Waals surface area contributed by atoms with E-state index in [2.05, 4.69) is 15.0 Å². The number of hydrogen-bond donors (Lipinski definition) is 1. The topological polar surface area (TPSA) is 60.0 Å². The van der Waals surface area contributed by atoms with Gasteiger partial charge in [-0.2, -0.15) is 4.39 Å².